The van der Waals surface area contributed by atoms with Crippen LogP contribution < -0.4 is 20.7 Å². The molecule has 1 amide bonds. The van der Waals surface area contributed by atoms with Gasteiger partial charge in [0.15, 0.2) is 5.65 Å². The Kier molecular flexibility index (Phi) is 9.05. The number of hydrogen-bond donors (Lipinski definition) is 1. The maximum Gasteiger partial charge on any atom is 0.407 e. The summed E-state index contributed by atoms with van der Waals surface area (Å²) in [6, 6.07) is 8.98. The Labute approximate surface area is 288 Å². The molecule has 6 rings (SSSR count). The number of alkyl carbamates (subject to hydrolysis) is 1. The van der Waals surface area contributed by atoms with Gasteiger partial charge in [-0.15, -0.1) is 0 Å². The van der Waals surface area contributed by atoms with Crippen molar-refractivity contribution in [2.45, 2.75) is 96.2 Å². The monoisotopic (exact) mass is 693 g/mol. The van der Waals surface area contributed by atoms with Gasteiger partial charge in [-0.25, -0.2) is 9.78 Å². The summed E-state index contributed by atoms with van der Waals surface area (Å²) in [5.74, 6) is 1.38. The number of rotatable bonds is 9. The van der Waals surface area contributed by atoms with Crippen molar-refractivity contribution in [3.63, 3.8) is 0 Å². The molecule has 5 heterocycles. The Morgan fingerprint density at radius 2 is 1.83 bits per heavy atom. The van der Waals surface area contributed by atoms with E-state index in [1.807, 2.05) is 74.8 Å². The van der Waals surface area contributed by atoms with Crippen LogP contribution in [0.5, 0.6) is 0 Å². The van der Waals surface area contributed by atoms with Gasteiger partial charge in [0.05, 0.1) is 28.0 Å². The molecule has 3 aromatic heterocycles. The number of aromatic nitrogens is 4. The number of nitrogens with zero attached hydrogens (tertiary/aromatic N) is 6. The van der Waals surface area contributed by atoms with E-state index in [9.17, 15) is 9.59 Å². The molecule has 2 aliphatic rings. The molecular weight excluding hydrogens is 646 g/mol. The fourth-order valence-electron chi connectivity index (χ4n) is 6.89. The van der Waals surface area contributed by atoms with E-state index in [-0.39, 0.29) is 30.4 Å². The Balaban J connectivity index is 1.43. The number of halogens is 1. The zero-order valence-corrected chi connectivity index (χ0v) is 31.3. The summed E-state index contributed by atoms with van der Waals surface area (Å²) >= 11 is 7.11. The number of carbonyl (C=O) groups excluding carboxylic acids is 1. The molecule has 258 valence electrons. The molecule has 11 nitrogen and oxygen atoms in total. The van der Waals surface area contributed by atoms with Crippen LogP contribution in [0.25, 0.3) is 33.1 Å². The highest BCUT2D eigenvalue weighted by Crippen LogP contribution is 2.42. The molecule has 2 fully saturated rings. The highest BCUT2D eigenvalue weighted by atomic mass is 35.5. The van der Waals surface area contributed by atoms with Crippen LogP contribution in [0.2, 0.25) is 30.7 Å². The van der Waals surface area contributed by atoms with Gasteiger partial charge < -0.3 is 29.2 Å². The first-order valence-corrected chi connectivity index (χ1v) is 20.8. The third-order valence-corrected chi connectivity index (χ3v) is 11.4. The number of fused-ring (bicyclic) bond motifs is 4. The lowest BCUT2D eigenvalue weighted by molar-refractivity contribution is 0.0497. The first kappa shape index (κ1) is 34.3. The quantitative estimate of drug-likeness (QED) is 0.154. The number of nitrogens with one attached hydrogen (secondary N) is 1. The van der Waals surface area contributed by atoms with Crippen LogP contribution >= 0.6 is 11.6 Å². The Morgan fingerprint density at radius 3 is 2.52 bits per heavy atom. The standard InChI is InChI=1S/C35H48ClN7O4Si/c1-35(2,3)47-34(45)37-25-18-22-12-14-26(25)43(22)33-39-31-28(32(44)41(33)6)24(19-42(31)20-46-16-17-48(7,8)9)23-13-10-21-11-15-27(40(4)5)38-30(21)29(23)36/h10-11,13,15,19,22,25-26H,12,14,16-18,20H2,1-9H3,(H,37,45)/t22-,25+,26+/m0/s1. The largest absolute Gasteiger partial charge is 0.444 e. The molecule has 0 spiro atoms. The Bertz CT molecular complexity index is 1930. The molecule has 4 aromatic rings. The van der Waals surface area contributed by atoms with Gasteiger partial charge in [-0.1, -0.05) is 43.4 Å². The van der Waals surface area contributed by atoms with Gasteiger partial charge in [0.2, 0.25) is 5.95 Å². The third-order valence-electron chi connectivity index (χ3n) is 9.31. The summed E-state index contributed by atoms with van der Waals surface area (Å²) in [5, 5.41) is 4.97. The van der Waals surface area contributed by atoms with Gasteiger partial charge in [-0.2, -0.15) is 4.98 Å². The first-order valence-electron chi connectivity index (χ1n) is 16.7. The molecule has 3 atom stereocenters. The second-order valence-corrected chi connectivity index (χ2v) is 21.6. The lowest BCUT2D eigenvalue weighted by atomic mass is 9.96. The van der Waals surface area contributed by atoms with Crippen LogP contribution in [0.1, 0.15) is 40.0 Å². The normalized spacial score (nSPS) is 19.5. The number of amides is 1. The summed E-state index contributed by atoms with van der Waals surface area (Å²) < 4.78 is 15.3. The molecule has 1 aromatic carbocycles. The molecule has 2 saturated heterocycles. The molecule has 0 radical (unpaired) electrons. The van der Waals surface area contributed by atoms with Crippen LogP contribution in [-0.4, -0.2) is 77.7 Å². The number of benzene rings is 1. The van der Waals surface area contributed by atoms with Gasteiger partial charge in [-0.3, -0.25) is 9.36 Å². The van der Waals surface area contributed by atoms with Crippen molar-refractivity contribution in [2.24, 2.45) is 7.05 Å². The molecule has 0 unspecified atom stereocenters. The second-order valence-electron chi connectivity index (χ2n) is 15.6. The van der Waals surface area contributed by atoms with Crippen LogP contribution in [0.15, 0.2) is 35.3 Å². The van der Waals surface area contributed by atoms with E-state index in [0.29, 0.717) is 45.3 Å². The van der Waals surface area contributed by atoms with E-state index >= 15 is 0 Å². The molecule has 0 saturated carbocycles. The van der Waals surface area contributed by atoms with E-state index < -0.39 is 19.8 Å². The van der Waals surface area contributed by atoms with Gasteiger partial charge in [0.1, 0.15) is 18.1 Å². The summed E-state index contributed by atoms with van der Waals surface area (Å²) in [6.07, 6.45) is 4.13. The SMILES string of the molecule is CN(C)c1ccc2ccc(-c3cn(COCC[Si](C)(C)C)c4nc(N5[C@H]6CC[C@@H]5[C@H](NC(=O)OC(C)(C)C)C6)n(C)c(=O)c34)c(Cl)c2n1. The van der Waals surface area contributed by atoms with Crippen molar-refractivity contribution in [2.75, 3.05) is 30.5 Å². The van der Waals surface area contributed by atoms with E-state index in [2.05, 4.69) is 29.9 Å². The summed E-state index contributed by atoms with van der Waals surface area (Å²) in [4.78, 5) is 41.3. The van der Waals surface area contributed by atoms with E-state index in [1.165, 1.54) is 0 Å². The lowest BCUT2D eigenvalue weighted by Crippen LogP contribution is -2.46. The summed E-state index contributed by atoms with van der Waals surface area (Å²) in [7, 11) is 4.35. The third kappa shape index (κ3) is 6.66. The Morgan fingerprint density at radius 1 is 1.10 bits per heavy atom. The van der Waals surface area contributed by atoms with Crippen LogP contribution in [0.4, 0.5) is 16.6 Å². The molecule has 0 aliphatic carbocycles. The van der Waals surface area contributed by atoms with Crippen molar-refractivity contribution in [1.29, 1.82) is 0 Å². The minimum Gasteiger partial charge on any atom is -0.444 e. The van der Waals surface area contributed by atoms with Crippen LogP contribution in [-0.2, 0) is 23.3 Å². The predicted octanol–water partition coefficient (Wildman–Crippen LogP) is 6.62. The maximum atomic E-state index is 14.4. The lowest BCUT2D eigenvalue weighted by Gasteiger charge is -2.28. The minimum atomic E-state index is -1.30. The van der Waals surface area contributed by atoms with Crippen molar-refractivity contribution < 1.29 is 14.3 Å². The molecule has 13 heteroatoms. The number of pyridine rings is 1. The van der Waals surface area contributed by atoms with Crippen molar-refractivity contribution in [3.8, 4) is 11.1 Å². The molecule has 48 heavy (non-hydrogen) atoms. The molecule has 2 bridgehead atoms. The number of carbonyl (C=O) groups is 1. The van der Waals surface area contributed by atoms with Crippen LogP contribution in [0, 0.1) is 0 Å². The van der Waals surface area contributed by atoms with Crippen LogP contribution in [0.3, 0.4) is 0 Å². The smallest absolute Gasteiger partial charge is 0.407 e. The van der Waals surface area contributed by atoms with E-state index in [0.717, 1.165) is 36.5 Å². The summed E-state index contributed by atoms with van der Waals surface area (Å²) in [5.41, 5.74) is 1.87. The summed E-state index contributed by atoms with van der Waals surface area (Å²) in [6.45, 7) is 13.4. The fraction of sp³-hybridized carbons (Fsp3) is 0.543. The van der Waals surface area contributed by atoms with E-state index in [1.54, 1.807) is 11.6 Å². The predicted molar refractivity (Wildman–Crippen MR) is 196 cm³/mol. The van der Waals surface area contributed by atoms with Gasteiger partial charge in [0, 0.05) is 64.6 Å². The van der Waals surface area contributed by atoms with E-state index in [4.69, 9.17) is 31.0 Å². The zero-order valence-electron chi connectivity index (χ0n) is 29.6. The zero-order chi connectivity index (χ0) is 34.7. The van der Waals surface area contributed by atoms with Crippen molar-refractivity contribution >= 4 is 59.5 Å². The number of anilines is 2. The molecule has 1 N–H and O–H groups in total. The molecular formula is C35H48ClN7O4Si. The fourth-order valence-corrected chi connectivity index (χ4v) is 7.97. The highest BCUT2D eigenvalue weighted by Gasteiger charge is 2.49. The average molecular weight is 694 g/mol. The number of ether oxygens (including phenoxy) is 2. The van der Waals surface area contributed by atoms with Gasteiger partial charge in [0.25, 0.3) is 5.56 Å². The second kappa shape index (κ2) is 12.7. The topological polar surface area (TPSA) is 107 Å². The van der Waals surface area contributed by atoms with Gasteiger partial charge >= 0.3 is 6.09 Å². The number of hydrogen-bond acceptors (Lipinski definition) is 8. The first-order chi connectivity index (χ1) is 22.5. The maximum absolute atomic E-state index is 14.4. The molecule has 2 aliphatic heterocycles. The van der Waals surface area contributed by atoms with Crippen molar-refractivity contribution in [1.82, 2.24) is 24.4 Å². The minimum absolute atomic E-state index is 0.000782. The Hall–Kier alpha value is -3.61. The van der Waals surface area contributed by atoms with Gasteiger partial charge in [-0.05, 0) is 58.2 Å². The van der Waals surface area contributed by atoms with Crippen molar-refractivity contribution in [3.05, 3.63) is 45.8 Å². The average Bonchev–Trinajstić information content (AvgIpc) is 3.66. The highest BCUT2D eigenvalue weighted by molar-refractivity contribution is 6.76.